The Morgan fingerprint density at radius 1 is 1.29 bits per heavy atom. The monoisotopic (exact) mass is 332 g/mol. The molecule has 2 rings (SSSR count). The molecule has 0 radical (unpaired) electrons. The molecule has 2 N–H and O–H groups in total. The number of non-ortho nitro benzene ring substituents is 1. The van der Waals surface area contributed by atoms with E-state index in [1.54, 1.807) is 31.2 Å². The number of nitrogens with zero attached hydrogens (tertiary/aromatic N) is 1. The summed E-state index contributed by atoms with van der Waals surface area (Å²) in [5.41, 5.74) is 0.0263. The molecular weight excluding hydrogens is 315 g/mol. The van der Waals surface area contributed by atoms with Crippen LogP contribution in [0.1, 0.15) is 35.4 Å². The van der Waals surface area contributed by atoms with Gasteiger partial charge in [-0.15, -0.1) is 0 Å². The van der Waals surface area contributed by atoms with Crippen molar-refractivity contribution in [3.8, 4) is 0 Å². The molecule has 0 bridgehead atoms. The van der Waals surface area contributed by atoms with E-state index in [-0.39, 0.29) is 12.0 Å². The summed E-state index contributed by atoms with van der Waals surface area (Å²) in [5.74, 6) is -1.65. The highest BCUT2D eigenvalue weighted by molar-refractivity contribution is 5.94. The Morgan fingerprint density at radius 3 is 2.54 bits per heavy atom. The third-order valence-electron chi connectivity index (χ3n) is 3.55. The van der Waals surface area contributed by atoms with Gasteiger partial charge in [0.25, 0.3) is 11.6 Å². The van der Waals surface area contributed by atoms with Crippen LogP contribution in [-0.2, 0) is 0 Å². The van der Waals surface area contributed by atoms with Crippen molar-refractivity contribution in [1.82, 2.24) is 5.32 Å². The molecule has 2 aromatic carbocycles. The van der Waals surface area contributed by atoms with Crippen molar-refractivity contribution in [1.29, 1.82) is 0 Å². The van der Waals surface area contributed by atoms with Crippen LogP contribution in [0.25, 0.3) is 0 Å². The topological polar surface area (TPSA) is 92.5 Å². The number of hydrogen-bond donors (Lipinski definition) is 2. The number of hydrogen-bond acceptors (Lipinski definition) is 4. The van der Waals surface area contributed by atoms with Gasteiger partial charge in [0.05, 0.1) is 22.7 Å². The molecule has 0 aliphatic carbocycles. The van der Waals surface area contributed by atoms with Gasteiger partial charge < -0.3 is 10.4 Å². The molecule has 0 aliphatic rings. The zero-order valence-corrected chi connectivity index (χ0v) is 13.0. The Kier molecular flexibility index (Phi) is 5.59. The summed E-state index contributed by atoms with van der Waals surface area (Å²) in [6, 6.07) is 11.4. The van der Waals surface area contributed by atoms with Crippen molar-refractivity contribution < 1.29 is 19.2 Å². The Balaban J connectivity index is 2.00. The van der Waals surface area contributed by atoms with Gasteiger partial charge in [0.2, 0.25) is 0 Å². The van der Waals surface area contributed by atoms with Crippen molar-refractivity contribution in [2.75, 3.05) is 0 Å². The van der Waals surface area contributed by atoms with E-state index in [1.807, 2.05) is 6.07 Å². The van der Waals surface area contributed by atoms with Gasteiger partial charge in [-0.25, -0.2) is 4.39 Å². The third kappa shape index (κ3) is 4.36. The summed E-state index contributed by atoms with van der Waals surface area (Å²) in [5, 5.41) is 23.3. The maximum atomic E-state index is 13.8. The van der Waals surface area contributed by atoms with Crippen molar-refractivity contribution in [2.24, 2.45) is 0 Å². The van der Waals surface area contributed by atoms with Gasteiger partial charge in [-0.05, 0) is 25.0 Å². The minimum Gasteiger partial charge on any atom is -0.388 e. The van der Waals surface area contributed by atoms with Crippen LogP contribution in [0.2, 0.25) is 0 Å². The minimum atomic E-state index is -0.961. The standard InChI is InChI=1S/C17H17FN2O4/c1-11(9-16(21)12-5-3-2-4-6-12)19-17(22)14-8-7-13(20(23)24)10-15(14)18/h2-8,10-11,16,21H,9H2,1H3,(H,19,22). The number of nitrogens with one attached hydrogen (secondary N) is 1. The van der Waals surface area contributed by atoms with Crippen LogP contribution in [0.5, 0.6) is 0 Å². The van der Waals surface area contributed by atoms with E-state index in [4.69, 9.17) is 0 Å². The number of benzene rings is 2. The van der Waals surface area contributed by atoms with Gasteiger partial charge >= 0.3 is 0 Å². The number of aliphatic hydroxyl groups excluding tert-OH is 1. The number of amides is 1. The highest BCUT2D eigenvalue weighted by atomic mass is 19.1. The summed E-state index contributed by atoms with van der Waals surface area (Å²) in [7, 11) is 0. The fourth-order valence-electron chi connectivity index (χ4n) is 2.31. The molecule has 2 atom stereocenters. The number of carbonyl (C=O) groups excluding carboxylic acids is 1. The normalized spacial score (nSPS) is 13.1. The van der Waals surface area contributed by atoms with Crippen LogP contribution in [0.15, 0.2) is 48.5 Å². The zero-order valence-electron chi connectivity index (χ0n) is 13.0. The van der Waals surface area contributed by atoms with Gasteiger partial charge in [0.15, 0.2) is 0 Å². The number of halogens is 1. The quantitative estimate of drug-likeness (QED) is 0.628. The smallest absolute Gasteiger partial charge is 0.272 e. The van der Waals surface area contributed by atoms with Crippen molar-refractivity contribution in [2.45, 2.75) is 25.5 Å². The first-order chi connectivity index (χ1) is 11.4. The fraction of sp³-hybridized carbons (Fsp3) is 0.235. The largest absolute Gasteiger partial charge is 0.388 e. The lowest BCUT2D eigenvalue weighted by Crippen LogP contribution is -2.34. The molecule has 126 valence electrons. The van der Waals surface area contributed by atoms with Crippen LogP contribution >= 0.6 is 0 Å². The molecule has 0 heterocycles. The second kappa shape index (κ2) is 7.65. The average molecular weight is 332 g/mol. The van der Waals surface area contributed by atoms with Gasteiger partial charge in [0, 0.05) is 12.1 Å². The first kappa shape index (κ1) is 17.6. The van der Waals surface area contributed by atoms with E-state index in [0.29, 0.717) is 6.07 Å². The van der Waals surface area contributed by atoms with E-state index in [1.165, 1.54) is 0 Å². The lowest BCUT2D eigenvalue weighted by molar-refractivity contribution is -0.385. The fourth-order valence-corrected chi connectivity index (χ4v) is 2.31. The maximum absolute atomic E-state index is 13.8. The van der Waals surface area contributed by atoms with Gasteiger partial charge in [0.1, 0.15) is 5.82 Å². The summed E-state index contributed by atoms with van der Waals surface area (Å²) in [6.45, 7) is 1.69. The van der Waals surface area contributed by atoms with E-state index in [2.05, 4.69) is 5.32 Å². The summed E-state index contributed by atoms with van der Waals surface area (Å²) in [4.78, 5) is 21.9. The highest BCUT2D eigenvalue weighted by Gasteiger charge is 2.19. The molecule has 2 unspecified atom stereocenters. The molecule has 24 heavy (non-hydrogen) atoms. The number of nitro groups is 1. The van der Waals surface area contributed by atoms with E-state index < -0.39 is 34.5 Å². The number of rotatable bonds is 6. The summed E-state index contributed by atoms with van der Waals surface area (Å²) in [6.07, 6.45) is -0.507. The lowest BCUT2D eigenvalue weighted by Gasteiger charge is -2.18. The SMILES string of the molecule is CC(CC(O)c1ccccc1)NC(=O)c1ccc([N+](=O)[O-])cc1F. The van der Waals surface area contributed by atoms with Crippen LogP contribution in [-0.4, -0.2) is 22.0 Å². The predicted octanol–water partition coefficient (Wildman–Crippen LogP) is 2.98. The first-order valence-corrected chi connectivity index (χ1v) is 7.36. The van der Waals surface area contributed by atoms with Crippen molar-refractivity contribution in [3.63, 3.8) is 0 Å². The number of carbonyl (C=O) groups is 1. The Hall–Kier alpha value is -2.80. The molecule has 0 aromatic heterocycles. The second-order valence-corrected chi connectivity index (χ2v) is 5.46. The van der Waals surface area contributed by atoms with Crippen LogP contribution in [0.3, 0.4) is 0 Å². The molecule has 6 nitrogen and oxygen atoms in total. The second-order valence-electron chi connectivity index (χ2n) is 5.46. The molecular formula is C17H17FN2O4. The van der Waals surface area contributed by atoms with E-state index >= 15 is 0 Å². The van der Waals surface area contributed by atoms with Crippen LogP contribution in [0, 0.1) is 15.9 Å². The van der Waals surface area contributed by atoms with E-state index in [0.717, 1.165) is 17.7 Å². The van der Waals surface area contributed by atoms with Crippen LogP contribution in [0.4, 0.5) is 10.1 Å². The molecule has 0 spiro atoms. The van der Waals surface area contributed by atoms with Crippen molar-refractivity contribution >= 4 is 11.6 Å². The zero-order chi connectivity index (χ0) is 17.7. The van der Waals surface area contributed by atoms with E-state index in [9.17, 15) is 24.4 Å². The molecule has 0 saturated carbocycles. The first-order valence-electron chi connectivity index (χ1n) is 7.36. The summed E-state index contributed by atoms with van der Waals surface area (Å²) >= 11 is 0. The Labute approximate surface area is 138 Å². The predicted molar refractivity (Wildman–Crippen MR) is 86.0 cm³/mol. The Morgan fingerprint density at radius 2 is 1.96 bits per heavy atom. The highest BCUT2D eigenvalue weighted by Crippen LogP contribution is 2.19. The maximum Gasteiger partial charge on any atom is 0.272 e. The molecule has 1 amide bonds. The Bertz CT molecular complexity index is 737. The lowest BCUT2D eigenvalue weighted by atomic mass is 10.0. The molecule has 0 aliphatic heterocycles. The molecule has 0 saturated heterocycles. The van der Waals surface area contributed by atoms with Gasteiger partial charge in [-0.2, -0.15) is 0 Å². The van der Waals surface area contributed by atoms with Gasteiger partial charge in [-0.3, -0.25) is 14.9 Å². The average Bonchev–Trinajstić information content (AvgIpc) is 2.55. The molecule has 7 heteroatoms. The van der Waals surface area contributed by atoms with Crippen molar-refractivity contribution in [3.05, 3.63) is 75.6 Å². The minimum absolute atomic E-state index is 0.254. The molecule has 2 aromatic rings. The molecule has 0 fully saturated rings. The van der Waals surface area contributed by atoms with Crippen LogP contribution < -0.4 is 5.32 Å². The number of nitro benzene ring substituents is 1. The summed E-state index contributed by atoms with van der Waals surface area (Å²) < 4.78 is 13.8. The number of aliphatic hydroxyl groups is 1. The third-order valence-corrected chi connectivity index (χ3v) is 3.55. The van der Waals surface area contributed by atoms with Gasteiger partial charge in [-0.1, -0.05) is 30.3 Å².